The van der Waals surface area contributed by atoms with Crippen LogP contribution >= 0.6 is 11.8 Å². The van der Waals surface area contributed by atoms with Gasteiger partial charge in [-0.15, -0.1) is 0 Å². The second-order valence-corrected chi connectivity index (χ2v) is 3.48. The second-order valence-electron chi connectivity index (χ2n) is 2.38. The largest absolute Gasteiger partial charge is 0.265 e. The Labute approximate surface area is 81.1 Å². The highest BCUT2D eigenvalue weighted by Crippen LogP contribution is 2.23. The predicted octanol–water partition coefficient (Wildman–Crippen LogP) is 2.43. The molecule has 1 radical (unpaired) electrons. The highest BCUT2D eigenvalue weighted by molar-refractivity contribution is 7.99. The Morgan fingerprint density at radius 1 is 1.15 bits per heavy atom. The second kappa shape index (κ2) is 4.05. The summed E-state index contributed by atoms with van der Waals surface area (Å²) in [6.07, 6.45) is 5.22. The Kier molecular flexibility index (Phi) is 2.57. The van der Waals surface area contributed by atoms with Crippen molar-refractivity contribution in [1.82, 2.24) is 9.97 Å². The Balaban J connectivity index is 2.16. The van der Waals surface area contributed by atoms with E-state index in [0.717, 1.165) is 9.92 Å². The minimum absolute atomic E-state index is 0.977. The van der Waals surface area contributed by atoms with Crippen LogP contribution in [0.5, 0.6) is 0 Å². The molecule has 0 aliphatic heterocycles. The van der Waals surface area contributed by atoms with Gasteiger partial charge in [0.2, 0.25) is 0 Å². The van der Waals surface area contributed by atoms with Crippen LogP contribution in [0.4, 0.5) is 0 Å². The van der Waals surface area contributed by atoms with E-state index in [1.54, 1.807) is 30.4 Å². The molecule has 2 aromatic heterocycles. The van der Waals surface area contributed by atoms with Gasteiger partial charge in [-0.1, -0.05) is 17.8 Å². The van der Waals surface area contributed by atoms with Gasteiger partial charge >= 0.3 is 0 Å². The number of hydrogen-bond donors (Lipinski definition) is 0. The zero-order chi connectivity index (χ0) is 8.93. The molecular formula is C10H7N2S. The number of hydrogen-bond acceptors (Lipinski definition) is 3. The molecule has 0 aromatic carbocycles. The third kappa shape index (κ3) is 2.29. The quantitative estimate of drug-likeness (QED) is 0.722. The molecule has 2 aromatic rings. The summed E-state index contributed by atoms with van der Waals surface area (Å²) in [5.74, 6) is 0. The Morgan fingerprint density at radius 2 is 2.00 bits per heavy atom. The number of nitrogens with zero attached hydrogens (tertiary/aromatic N) is 2. The van der Waals surface area contributed by atoms with Crippen LogP contribution in [0.2, 0.25) is 0 Å². The van der Waals surface area contributed by atoms with Gasteiger partial charge in [-0.3, -0.25) is 4.98 Å². The van der Waals surface area contributed by atoms with Gasteiger partial charge in [0.15, 0.2) is 0 Å². The van der Waals surface area contributed by atoms with Crippen molar-refractivity contribution >= 4 is 11.8 Å². The van der Waals surface area contributed by atoms with Crippen molar-refractivity contribution in [3.63, 3.8) is 0 Å². The highest BCUT2D eigenvalue weighted by Gasteiger charge is 1.95. The summed E-state index contributed by atoms with van der Waals surface area (Å²) in [5, 5.41) is 0.977. The topological polar surface area (TPSA) is 25.8 Å². The molecule has 0 bridgehead atoms. The van der Waals surface area contributed by atoms with E-state index in [1.807, 2.05) is 24.3 Å². The van der Waals surface area contributed by atoms with Gasteiger partial charge in [0.1, 0.15) is 5.03 Å². The lowest BCUT2D eigenvalue weighted by atomic mass is 10.5. The minimum Gasteiger partial charge on any atom is -0.265 e. The van der Waals surface area contributed by atoms with Crippen LogP contribution in [0.25, 0.3) is 0 Å². The Hall–Kier alpha value is -1.35. The molecule has 0 atom stereocenters. The lowest BCUT2D eigenvalue weighted by molar-refractivity contribution is 1.13. The van der Waals surface area contributed by atoms with Crippen LogP contribution in [0.3, 0.4) is 0 Å². The van der Waals surface area contributed by atoms with Gasteiger partial charge < -0.3 is 0 Å². The smallest absolute Gasteiger partial charge is 0.101 e. The summed E-state index contributed by atoms with van der Waals surface area (Å²) < 4.78 is 0. The molecule has 0 amide bonds. The van der Waals surface area contributed by atoms with Gasteiger partial charge in [0.25, 0.3) is 0 Å². The molecule has 0 N–H and O–H groups in total. The number of pyridine rings is 2. The fourth-order valence-electron chi connectivity index (χ4n) is 0.894. The summed E-state index contributed by atoms with van der Waals surface area (Å²) in [4.78, 5) is 9.26. The van der Waals surface area contributed by atoms with Crippen molar-refractivity contribution in [3.05, 3.63) is 48.9 Å². The zero-order valence-electron chi connectivity index (χ0n) is 6.84. The maximum Gasteiger partial charge on any atom is 0.101 e. The van der Waals surface area contributed by atoms with Crippen LogP contribution in [-0.4, -0.2) is 9.97 Å². The van der Waals surface area contributed by atoms with E-state index < -0.39 is 0 Å². The molecular weight excluding hydrogens is 180 g/mol. The van der Waals surface area contributed by atoms with E-state index >= 15 is 0 Å². The third-order valence-electron chi connectivity index (χ3n) is 1.46. The average Bonchev–Trinajstić information content (AvgIpc) is 2.21. The fraction of sp³-hybridized carbons (Fsp3) is 0. The number of rotatable bonds is 2. The molecule has 2 heterocycles. The fourth-order valence-corrected chi connectivity index (χ4v) is 1.63. The molecule has 3 heteroatoms. The van der Waals surface area contributed by atoms with Crippen LogP contribution in [0.15, 0.2) is 52.8 Å². The molecule has 0 aliphatic carbocycles. The van der Waals surface area contributed by atoms with E-state index in [1.165, 1.54) is 0 Å². The molecule has 0 saturated carbocycles. The highest BCUT2D eigenvalue weighted by atomic mass is 32.2. The van der Waals surface area contributed by atoms with Crippen molar-refractivity contribution in [3.8, 4) is 0 Å². The maximum absolute atomic E-state index is 4.16. The molecule has 0 aliphatic rings. The molecule has 0 saturated heterocycles. The molecule has 2 nitrogen and oxygen atoms in total. The van der Waals surface area contributed by atoms with Gasteiger partial charge in [-0.2, -0.15) is 0 Å². The van der Waals surface area contributed by atoms with E-state index in [0.29, 0.717) is 0 Å². The van der Waals surface area contributed by atoms with Gasteiger partial charge in [-0.05, 0) is 18.2 Å². The first kappa shape index (κ1) is 8.26. The van der Waals surface area contributed by atoms with Gasteiger partial charge in [-0.25, -0.2) is 4.98 Å². The normalized spacial score (nSPS) is 9.85. The lowest BCUT2D eigenvalue weighted by Gasteiger charge is -1.97. The molecule has 0 unspecified atom stereocenters. The van der Waals surface area contributed by atoms with Crippen LogP contribution in [0, 0.1) is 6.07 Å². The van der Waals surface area contributed by atoms with Crippen LogP contribution in [0.1, 0.15) is 0 Å². The zero-order valence-corrected chi connectivity index (χ0v) is 7.66. The minimum atomic E-state index is 0.977. The monoisotopic (exact) mass is 187 g/mol. The van der Waals surface area contributed by atoms with Crippen LogP contribution < -0.4 is 0 Å². The molecule has 0 fully saturated rings. The summed E-state index contributed by atoms with van der Waals surface area (Å²) in [7, 11) is 0. The SMILES string of the molecule is [c]1ccc(Sc2ccncc2)nc1. The van der Waals surface area contributed by atoms with Crippen LogP contribution in [-0.2, 0) is 0 Å². The summed E-state index contributed by atoms with van der Waals surface area (Å²) in [5.41, 5.74) is 0. The average molecular weight is 187 g/mol. The molecule has 0 spiro atoms. The van der Waals surface area contributed by atoms with Crippen molar-refractivity contribution in [1.29, 1.82) is 0 Å². The van der Waals surface area contributed by atoms with Gasteiger partial charge in [0, 0.05) is 29.6 Å². The summed E-state index contributed by atoms with van der Waals surface area (Å²) in [6, 6.07) is 10.6. The molecule has 2 rings (SSSR count). The first-order valence-corrected chi connectivity index (χ1v) is 4.67. The predicted molar refractivity (Wildman–Crippen MR) is 51.4 cm³/mol. The van der Waals surface area contributed by atoms with E-state index in [-0.39, 0.29) is 0 Å². The van der Waals surface area contributed by atoms with E-state index in [4.69, 9.17) is 0 Å². The number of aromatic nitrogens is 2. The maximum atomic E-state index is 4.16. The Morgan fingerprint density at radius 3 is 2.69 bits per heavy atom. The van der Waals surface area contributed by atoms with Crippen molar-refractivity contribution in [2.45, 2.75) is 9.92 Å². The Bertz CT molecular complexity index is 324. The first-order valence-electron chi connectivity index (χ1n) is 3.85. The van der Waals surface area contributed by atoms with E-state index in [9.17, 15) is 0 Å². The van der Waals surface area contributed by atoms with Gasteiger partial charge in [0.05, 0.1) is 0 Å². The van der Waals surface area contributed by atoms with Crippen molar-refractivity contribution < 1.29 is 0 Å². The first-order chi connectivity index (χ1) is 6.45. The standard InChI is InChI=1S/C10H7N2S/c1-2-6-12-10(3-1)13-9-4-7-11-8-5-9/h1,3-8H. The summed E-state index contributed by atoms with van der Waals surface area (Å²) in [6.45, 7) is 0. The van der Waals surface area contributed by atoms with Crippen molar-refractivity contribution in [2.75, 3.05) is 0 Å². The van der Waals surface area contributed by atoms with E-state index in [2.05, 4.69) is 16.0 Å². The summed E-state index contributed by atoms with van der Waals surface area (Å²) >= 11 is 1.62. The molecule has 13 heavy (non-hydrogen) atoms. The lowest BCUT2D eigenvalue weighted by Crippen LogP contribution is -1.77. The third-order valence-corrected chi connectivity index (χ3v) is 2.42. The van der Waals surface area contributed by atoms with Crippen molar-refractivity contribution in [2.24, 2.45) is 0 Å². The molecule has 63 valence electrons.